The molecule has 1 amide bonds. The van der Waals surface area contributed by atoms with Crippen molar-refractivity contribution >= 4 is 21.8 Å². The van der Waals surface area contributed by atoms with Crippen LogP contribution in [0.15, 0.2) is 22.7 Å². The summed E-state index contributed by atoms with van der Waals surface area (Å²) in [6, 6.07) is 5.81. The van der Waals surface area contributed by atoms with Gasteiger partial charge < -0.3 is 4.90 Å². The van der Waals surface area contributed by atoms with E-state index in [1.807, 2.05) is 30.0 Å². The number of amides is 1. The van der Waals surface area contributed by atoms with Crippen molar-refractivity contribution in [2.45, 2.75) is 34.6 Å². The van der Waals surface area contributed by atoms with Crippen molar-refractivity contribution in [3.8, 4) is 0 Å². The summed E-state index contributed by atoms with van der Waals surface area (Å²) in [7, 11) is 0. The Hall–Kier alpha value is -0.830. The number of hydrogen-bond donors (Lipinski definition) is 0. The molecular weight excluding hydrogens is 302 g/mol. The van der Waals surface area contributed by atoms with Gasteiger partial charge in [0.15, 0.2) is 0 Å². The quantitative estimate of drug-likeness (QED) is 0.779. The zero-order valence-corrected chi connectivity index (χ0v) is 14.1. The molecule has 0 spiro atoms. The SMILES string of the molecule is Cc1c(Br)cccc1C(=O)N(CC(C)C)CC(C)C. The molecule has 1 aromatic rings. The Morgan fingerprint density at radius 1 is 1.16 bits per heavy atom. The molecule has 1 aromatic carbocycles. The molecule has 106 valence electrons. The molecule has 3 heteroatoms. The molecule has 1 rings (SSSR count). The third kappa shape index (κ3) is 4.64. The molecule has 0 heterocycles. The standard InChI is InChI=1S/C16H24BrNO/c1-11(2)9-18(10-12(3)4)16(19)14-7-6-8-15(17)13(14)5/h6-8,11-12H,9-10H2,1-5H3. The molecule has 0 bridgehead atoms. The highest BCUT2D eigenvalue weighted by Crippen LogP contribution is 2.21. The van der Waals surface area contributed by atoms with E-state index in [1.165, 1.54) is 0 Å². The van der Waals surface area contributed by atoms with Crippen LogP contribution in [0, 0.1) is 18.8 Å². The van der Waals surface area contributed by atoms with E-state index in [4.69, 9.17) is 0 Å². The van der Waals surface area contributed by atoms with E-state index in [0.29, 0.717) is 11.8 Å². The molecule has 0 unspecified atom stereocenters. The number of rotatable bonds is 5. The lowest BCUT2D eigenvalue weighted by atomic mass is 10.1. The van der Waals surface area contributed by atoms with Crippen LogP contribution in [-0.4, -0.2) is 23.9 Å². The zero-order chi connectivity index (χ0) is 14.6. The Morgan fingerprint density at radius 3 is 2.16 bits per heavy atom. The zero-order valence-electron chi connectivity index (χ0n) is 12.5. The van der Waals surface area contributed by atoms with Gasteiger partial charge in [-0.15, -0.1) is 0 Å². The van der Waals surface area contributed by atoms with E-state index in [2.05, 4.69) is 43.6 Å². The van der Waals surface area contributed by atoms with Crippen LogP contribution < -0.4 is 0 Å². The maximum atomic E-state index is 12.7. The summed E-state index contributed by atoms with van der Waals surface area (Å²) >= 11 is 3.49. The van der Waals surface area contributed by atoms with Crippen LogP contribution in [0.2, 0.25) is 0 Å². The summed E-state index contributed by atoms with van der Waals surface area (Å²) in [4.78, 5) is 14.7. The van der Waals surface area contributed by atoms with Gasteiger partial charge in [-0.25, -0.2) is 0 Å². The number of hydrogen-bond acceptors (Lipinski definition) is 1. The van der Waals surface area contributed by atoms with Gasteiger partial charge in [0.25, 0.3) is 5.91 Å². The normalized spacial score (nSPS) is 11.2. The van der Waals surface area contributed by atoms with Crippen molar-refractivity contribution in [2.75, 3.05) is 13.1 Å². The second-order valence-corrected chi connectivity index (χ2v) is 6.76. The number of carbonyl (C=O) groups excluding carboxylic acids is 1. The fourth-order valence-electron chi connectivity index (χ4n) is 2.13. The van der Waals surface area contributed by atoms with Gasteiger partial charge >= 0.3 is 0 Å². The maximum Gasteiger partial charge on any atom is 0.254 e. The Bertz CT molecular complexity index is 430. The van der Waals surface area contributed by atoms with Gasteiger partial charge in [-0.1, -0.05) is 49.7 Å². The first kappa shape index (κ1) is 16.2. The van der Waals surface area contributed by atoms with Gasteiger partial charge in [-0.3, -0.25) is 4.79 Å². The molecule has 0 saturated carbocycles. The van der Waals surface area contributed by atoms with Crippen molar-refractivity contribution in [3.05, 3.63) is 33.8 Å². The van der Waals surface area contributed by atoms with Crippen molar-refractivity contribution in [1.29, 1.82) is 0 Å². The highest BCUT2D eigenvalue weighted by Gasteiger charge is 2.20. The average molecular weight is 326 g/mol. The van der Waals surface area contributed by atoms with E-state index in [-0.39, 0.29) is 5.91 Å². The van der Waals surface area contributed by atoms with Crippen molar-refractivity contribution in [3.63, 3.8) is 0 Å². The first-order chi connectivity index (χ1) is 8.82. The van der Waals surface area contributed by atoms with Gasteiger partial charge in [0, 0.05) is 23.1 Å². The molecule has 0 N–H and O–H groups in total. The highest BCUT2D eigenvalue weighted by atomic mass is 79.9. The summed E-state index contributed by atoms with van der Waals surface area (Å²) in [5, 5.41) is 0. The smallest absolute Gasteiger partial charge is 0.254 e. The van der Waals surface area contributed by atoms with E-state index in [9.17, 15) is 4.79 Å². The van der Waals surface area contributed by atoms with Crippen LogP contribution in [0.25, 0.3) is 0 Å². The van der Waals surface area contributed by atoms with Gasteiger partial charge in [0.2, 0.25) is 0 Å². The first-order valence-electron chi connectivity index (χ1n) is 6.87. The van der Waals surface area contributed by atoms with Crippen LogP contribution in [0.5, 0.6) is 0 Å². The van der Waals surface area contributed by atoms with Crippen molar-refractivity contribution < 1.29 is 4.79 Å². The van der Waals surface area contributed by atoms with Crippen LogP contribution in [-0.2, 0) is 0 Å². The lowest BCUT2D eigenvalue weighted by Gasteiger charge is -2.27. The molecule has 19 heavy (non-hydrogen) atoms. The Morgan fingerprint density at radius 2 is 1.68 bits per heavy atom. The molecule has 0 atom stereocenters. The lowest BCUT2D eigenvalue weighted by molar-refractivity contribution is 0.0714. The molecule has 0 fully saturated rings. The third-order valence-corrected chi connectivity index (χ3v) is 3.82. The molecule has 0 radical (unpaired) electrons. The third-order valence-electron chi connectivity index (χ3n) is 2.96. The van der Waals surface area contributed by atoms with Gasteiger partial charge in [-0.2, -0.15) is 0 Å². The molecule has 0 aliphatic heterocycles. The molecule has 2 nitrogen and oxygen atoms in total. The van der Waals surface area contributed by atoms with Gasteiger partial charge in [0.1, 0.15) is 0 Å². The molecule has 0 aliphatic carbocycles. The number of nitrogens with zero attached hydrogens (tertiary/aromatic N) is 1. The van der Waals surface area contributed by atoms with Gasteiger partial charge in [0.05, 0.1) is 0 Å². The first-order valence-corrected chi connectivity index (χ1v) is 7.66. The second-order valence-electron chi connectivity index (χ2n) is 5.91. The minimum atomic E-state index is 0.140. The summed E-state index contributed by atoms with van der Waals surface area (Å²) in [5.74, 6) is 1.10. The minimum Gasteiger partial charge on any atom is -0.338 e. The van der Waals surface area contributed by atoms with E-state index in [1.54, 1.807) is 0 Å². The van der Waals surface area contributed by atoms with Gasteiger partial charge in [-0.05, 0) is 36.5 Å². The van der Waals surface area contributed by atoms with Crippen molar-refractivity contribution in [1.82, 2.24) is 4.90 Å². The number of carbonyl (C=O) groups is 1. The second kappa shape index (κ2) is 7.09. The van der Waals surface area contributed by atoms with E-state index in [0.717, 1.165) is 28.7 Å². The molecule has 0 aliphatic rings. The Labute approximate surface area is 125 Å². The summed E-state index contributed by atoms with van der Waals surface area (Å²) in [5.41, 5.74) is 1.82. The monoisotopic (exact) mass is 325 g/mol. The predicted molar refractivity (Wildman–Crippen MR) is 84.5 cm³/mol. The predicted octanol–water partition coefficient (Wildman–Crippen LogP) is 4.51. The summed E-state index contributed by atoms with van der Waals surface area (Å²) in [6.07, 6.45) is 0. The largest absolute Gasteiger partial charge is 0.338 e. The van der Waals surface area contributed by atoms with Crippen molar-refractivity contribution in [2.24, 2.45) is 11.8 Å². The minimum absolute atomic E-state index is 0.140. The summed E-state index contributed by atoms with van der Waals surface area (Å²) < 4.78 is 0.993. The highest BCUT2D eigenvalue weighted by molar-refractivity contribution is 9.10. The van der Waals surface area contributed by atoms with E-state index < -0.39 is 0 Å². The molecular formula is C16H24BrNO. The van der Waals surface area contributed by atoms with Crippen LogP contribution in [0.3, 0.4) is 0 Å². The fourth-order valence-corrected chi connectivity index (χ4v) is 2.50. The van der Waals surface area contributed by atoms with E-state index >= 15 is 0 Å². The van der Waals surface area contributed by atoms with Crippen LogP contribution in [0.1, 0.15) is 43.6 Å². The lowest BCUT2D eigenvalue weighted by Crippen LogP contribution is -2.37. The topological polar surface area (TPSA) is 20.3 Å². The Kier molecular flexibility index (Phi) is 6.05. The fraction of sp³-hybridized carbons (Fsp3) is 0.562. The van der Waals surface area contributed by atoms with Crippen LogP contribution in [0.4, 0.5) is 0 Å². The molecule has 0 saturated heterocycles. The molecule has 0 aromatic heterocycles. The summed E-state index contributed by atoms with van der Waals surface area (Å²) in [6.45, 7) is 12.2. The number of halogens is 1. The Balaban J connectivity index is 3.01. The number of benzene rings is 1. The average Bonchev–Trinajstić information content (AvgIpc) is 2.30. The maximum absolute atomic E-state index is 12.7. The van der Waals surface area contributed by atoms with Crippen LogP contribution >= 0.6 is 15.9 Å².